The number of piperidine rings is 2. The van der Waals surface area contributed by atoms with Crippen LogP contribution in [0.15, 0.2) is 0 Å². The molecule has 2 atom stereocenters. The summed E-state index contributed by atoms with van der Waals surface area (Å²) in [5.41, 5.74) is 2.15. The second-order valence-electron chi connectivity index (χ2n) is 7.06. The van der Waals surface area contributed by atoms with E-state index in [1.807, 2.05) is 21.0 Å². The summed E-state index contributed by atoms with van der Waals surface area (Å²) in [6.07, 6.45) is 2.75. The van der Waals surface area contributed by atoms with E-state index in [0.29, 0.717) is 24.3 Å². The largest absolute Gasteiger partial charge is 0.338 e. The Hall–Kier alpha value is -0.530. The third-order valence-corrected chi connectivity index (χ3v) is 5.95. The van der Waals surface area contributed by atoms with Gasteiger partial charge < -0.3 is 10.2 Å². The summed E-state index contributed by atoms with van der Waals surface area (Å²) in [7, 11) is 3.83. The van der Waals surface area contributed by atoms with E-state index in [4.69, 9.17) is 11.6 Å². The van der Waals surface area contributed by atoms with Crippen molar-refractivity contribution in [2.24, 2.45) is 13.0 Å². The number of fused-ring (bicyclic) bond motifs is 1. The number of hydrogen-bond donors (Lipinski definition) is 1. The maximum Gasteiger partial charge on any atom is 0.222 e. The smallest absolute Gasteiger partial charge is 0.222 e. The highest BCUT2D eigenvalue weighted by atomic mass is 35.5. The van der Waals surface area contributed by atoms with Crippen LogP contribution in [0.4, 0.5) is 0 Å². The number of rotatable bonds is 5. The van der Waals surface area contributed by atoms with Gasteiger partial charge in [-0.2, -0.15) is 5.10 Å². The van der Waals surface area contributed by atoms with Gasteiger partial charge in [-0.05, 0) is 32.7 Å². The number of nitrogens with zero attached hydrogens (tertiary/aromatic N) is 4. The molecule has 6 nitrogen and oxygen atoms in total. The predicted octanol–water partition coefficient (Wildman–Crippen LogP) is 2.26. The zero-order valence-corrected chi connectivity index (χ0v) is 18.1. The zero-order valence-electron chi connectivity index (χ0n) is 15.7. The molecule has 0 radical (unpaired) electrons. The van der Waals surface area contributed by atoms with Crippen LogP contribution in [-0.2, 0) is 18.4 Å². The van der Waals surface area contributed by atoms with Crippen molar-refractivity contribution < 1.29 is 4.79 Å². The summed E-state index contributed by atoms with van der Waals surface area (Å²) in [5, 5.41) is 8.31. The number of likely N-dealkylation sites (tertiary alicyclic amines) is 2. The van der Waals surface area contributed by atoms with Crippen molar-refractivity contribution in [3.63, 3.8) is 0 Å². The monoisotopic (exact) mass is 425 g/mol. The van der Waals surface area contributed by atoms with Crippen molar-refractivity contribution >= 4 is 42.3 Å². The molecule has 1 amide bonds. The minimum absolute atomic E-state index is 0. The van der Waals surface area contributed by atoms with Gasteiger partial charge in [0.15, 0.2) is 0 Å². The number of carbonyl (C=O) groups is 1. The average molecular weight is 427 g/mol. The van der Waals surface area contributed by atoms with Gasteiger partial charge in [0.05, 0.1) is 5.69 Å². The summed E-state index contributed by atoms with van der Waals surface area (Å²) >= 11 is 6.38. The number of hydrogen-bond acceptors (Lipinski definition) is 4. The van der Waals surface area contributed by atoms with Gasteiger partial charge in [0.2, 0.25) is 5.91 Å². The first-order chi connectivity index (χ1) is 11.5. The Labute approximate surface area is 173 Å². The Morgan fingerprint density at radius 1 is 1.31 bits per heavy atom. The van der Waals surface area contributed by atoms with E-state index < -0.39 is 0 Å². The lowest BCUT2D eigenvalue weighted by molar-refractivity contribution is -0.141. The van der Waals surface area contributed by atoms with E-state index in [9.17, 15) is 4.79 Å². The topological polar surface area (TPSA) is 53.4 Å². The normalized spacial score (nSPS) is 23.2. The molecule has 150 valence electrons. The lowest BCUT2D eigenvalue weighted by atomic mass is 9.83. The van der Waals surface area contributed by atoms with Crippen LogP contribution in [0.5, 0.6) is 0 Å². The predicted molar refractivity (Wildman–Crippen MR) is 109 cm³/mol. The van der Waals surface area contributed by atoms with Crippen molar-refractivity contribution in [1.29, 1.82) is 0 Å². The van der Waals surface area contributed by atoms with E-state index in [1.54, 1.807) is 4.68 Å². The standard InChI is InChI=1S/C17H28ClN5O.2ClH/c1-12-14(17(18)21(3)20-12)11-22-8-6-15-13(10-22)4-5-16(24)23(15)9-7-19-2;;/h13,15,19H,4-11H2,1-3H3;2*1H/t13-,15+;;/m0../s1. The van der Waals surface area contributed by atoms with Crippen LogP contribution in [0.3, 0.4) is 0 Å². The van der Waals surface area contributed by atoms with Crippen molar-refractivity contribution in [2.75, 3.05) is 33.2 Å². The van der Waals surface area contributed by atoms with Gasteiger partial charge in [0.1, 0.15) is 5.15 Å². The number of nitrogens with one attached hydrogen (secondary N) is 1. The highest BCUT2D eigenvalue weighted by Crippen LogP contribution is 2.32. The molecule has 0 saturated carbocycles. The molecule has 1 aromatic rings. The second kappa shape index (κ2) is 10.1. The Balaban J connectivity index is 0.00000169. The van der Waals surface area contributed by atoms with Gasteiger partial charge in [-0.25, -0.2) is 0 Å². The van der Waals surface area contributed by atoms with Crippen LogP contribution in [0.25, 0.3) is 0 Å². The number of carbonyl (C=O) groups excluding carboxylic acids is 1. The highest BCUT2D eigenvalue weighted by Gasteiger charge is 2.39. The quantitative estimate of drug-likeness (QED) is 0.784. The Kier molecular flexibility index (Phi) is 9.16. The highest BCUT2D eigenvalue weighted by molar-refractivity contribution is 6.30. The van der Waals surface area contributed by atoms with Crippen LogP contribution in [0, 0.1) is 12.8 Å². The third-order valence-electron chi connectivity index (χ3n) is 5.48. The van der Waals surface area contributed by atoms with E-state index in [2.05, 4.69) is 20.2 Å². The molecule has 1 N–H and O–H groups in total. The van der Waals surface area contributed by atoms with Gasteiger partial charge >= 0.3 is 0 Å². The molecule has 0 aliphatic carbocycles. The molecule has 26 heavy (non-hydrogen) atoms. The molecule has 9 heteroatoms. The van der Waals surface area contributed by atoms with E-state index >= 15 is 0 Å². The van der Waals surface area contributed by atoms with Crippen LogP contribution >= 0.6 is 36.4 Å². The minimum Gasteiger partial charge on any atom is -0.338 e. The fraction of sp³-hybridized carbons (Fsp3) is 0.765. The number of aromatic nitrogens is 2. The summed E-state index contributed by atoms with van der Waals surface area (Å²) in [5.74, 6) is 0.898. The van der Waals surface area contributed by atoms with E-state index in [-0.39, 0.29) is 24.8 Å². The average Bonchev–Trinajstić information content (AvgIpc) is 2.80. The van der Waals surface area contributed by atoms with Gasteiger partial charge in [-0.3, -0.25) is 14.4 Å². The molecule has 1 aromatic heterocycles. The third kappa shape index (κ3) is 4.84. The molecule has 2 aliphatic rings. The maximum absolute atomic E-state index is 12.3. The van der Waals surface area contributed by atoms with Gasteiger partial charge in [-0.15, -0.1) is 24.8 Å². The molecule has 3 rings (SSSR count). The lowest BCUT2D eigenvalue weighted by Crippen LogP contribution is -2.56. The van der Waals surface area contributed by atoms with Crippen molar-refractivity contribution in [1.82, 2.24) is 24.9 Å². The molecule has 3 heterocycles. The molecular formula is C17H30Cl3N5O. The second-order valence-corrected chi connectivity index (χ2v) is 7.42. The molecule has 0 unspecified atom stereocenters. The van der Waals surface area contributed by atoms with Crippen LogP contribution in [0.1, 0.15) is 30.5 Å². The summed E-state index contributed by atoms with van der Waals surface area (Å²) in [6.45, 7) is 6.61. The molecule has 0 aromatic carbocycles. The lowest BCUT2D eigenvalue weighted by Gasteiger charge is -2.47. The SMILES string of the molecule is CNCCN1C(=O)CC[C@H]2CN(Cc3c(C)nn(C)c3Cl)CC[C@H]21.Cl.Cl. The van der Waals surface area contributed by atoms with Crippen molar-refractivity contribution in [3.05, 3.63) is 16.4 Å². The number of halogens is 3. The first-order valence-corrected chi connectivity index (χ1v) is 9.23. The maximum atomic E-state index is 12.3. The molecular weight excluding hydrogens is 397 g/mol. The Bertz CT molecular complexity index is 609. The van der Waals surface area contributed by atoms with E-state index in [1.165, 1.54) is 0 Å². The first-order valence-electron chi connectivity index (χ1n) is 8.85. The number of aryl methyl sites for hydroxylation is 2. The fourth-order valence-electron chi connectivity index (χ4n) is 4.17. The first kappa shape index (κ1) is 23.5. The van der Waals surface area contributed by atoms with Crippen LogP contribution in [0.2, 0.25) is 5.15 Å². The zero-order chi connectivity index (χ0) is 17.3. The van der Waals surface area contributed by atoms with Crippen LogP contribution in [-0.4, -0.2) is 64.8 Å². The molecule has 2 aliphatic heterocycles. The van der Waals surface area contributed by atoms with Gasteiger partial charge in [0.25, 0.3) is 0 Å². The Morgan fingerprint density at radius 2 is 2.04 bits per heavy atom. The summed E-state index contributed by atoms with van der Waals surface area (Å²) < 4.78 is 1.75. The van der Waals surface area contributed by atoms with Gasteiger partial charge in [-0.1, -0.05) is 11.6 Å². The van der Waals surface area contributed by atoms with E-state index in [0.717, 1.165) is 62.0 Å². The van der Waals surface area contributed by atoms with Crippen molar-refractivity contribution in [3.8, 4) is 0 Å². The van der Waals surface area contributed by atoms with Crippen LogP contribution < -0.4 is 5.32 Å². The summed E-state index contributed by atoms with van der Waals surface area (Å²) in [6, 6.07) is 0.404. The minimum atomic E-state index is 0. The fourth-order valence-corrected chi connectivity index (χ4v) is 4.40. The number of amides is 1. The molecule has 2 saturated heterocycles. The molecule has 0 spiro atoms. The summed E-state index contributed by atoms with van der Waals surface area (Å²) in [4.78, 5) is 16.9. The van der Waals surface area contributed by atoms with Gasteiger partial charge in [0, 0.05) is 57.8 Å². The molecule has 0 bridgehead atoms. The Morgan fingerprint density at radius 3 is 2.65 bits per heavy atom. The number of likely N-dealkylation sites (N-methyl/N-ethyl adjacent to an activating group) is 1. The van der Waals surface area contributed by atoms with Crippen molar-refractivity contribution in [2.45, 2.75) is 38.8 Å². The molecule has 2 fully saturated rings.